The van der Waals surface area contributed by atoms with Crippen LogP contribution in [0.3, 0.4) is 0 Å². The lowest BCUT2D eigenvalue weighted by molar-refractivity contribution is 0.356. The Labute approximate surface area is 130 Å². The molecule has 1 unspecified atom stereocenters. The summed E-state index contributed by atoms with van der Waals surface area (Å²) in [5.74, 6) is 2.70. The zero-order valence-electron chi connectivity index (χ0n) is 13.7. The van der Waals surface area contributed by atoms with E-state index in [0.29, 0.717) is 0 Å². The molecular formula is C19H31NO. The molecule has 0 aliphatic heterocycles. The Morgan fingerprint density at radius 2 is 2.10 bits per heavy atom. The topological polar surface area (TPSA) is 21.3 Å². The monoisotopic (exact) mass is 289 g/mol. The fourth-order valence-electron chi connectivity index (χ4n) is 3.57. The van der Waals surface area contributed by atoms with Crippen LogP contribution in [0.25, 0.3) is 0 Å². The maximum atomic E-state index is 5.35. The highest BCUT2D eigenvalue weighted by atomic mass is 16.5. The van der Waals surface area contributed by atoms with Gasteiger partial charge in [-0.15, -0.1) is 0 Å². The second-order valence-electron chi connectivity index (χ2n) is 6.51. The van der Waals surface area contributed by atoms with Crippen molar-refractivity contribution >= 4 is 0 Å². The second-order valence-corrected chi connectivity index (χ2v) is 6.51. The molecule has 1 saturated carbocycles. The molecule has 0 saturated heterocycles. The predicted octanol–water partition coefficient (Wildman–Crippen LogP) is 4.43. The average Bonchev–Trinajstić information content (AvgIpc) is 3.00. The van der Waals surface area contributed by atoms with Crippen LogP contribution in [0.5, 0.6) is 5.75 Å². The number of benzene rings is 1. The van der Waals surface area contributed by atoms with Gasteiger partial charge in [-0.1, -0.05) is 44.7 Å². The maximum absolute atomic E-state index is 5.35. The van der Waals surface area contributed by atoms with Crippen molar-refractivity contribution in [2.45, 2.75) is 51.9 Å². The zero-order chi connectivity index (χ0) is 14.9. The molecule has 1 fully saturated rings. The Kier molecular flexibility index (Phi) is 7.08. The molecule has 1 aliphatic rings. The van der Waals surface area contributed by atoms with E-state index in [1.807, 2.05) is 6.07 Å². The maximum Gasteiger partial charge on any atom is 0.119 e. The van der Waals surface area contributed by atoms with Crippen LogP contribution in [0.1, 0.15) is 51.0 Å². The number of methoxy groups -OCH3 is 1. The first-order valence-electron chi connectivity index (χ1n) is 8.65. The van der Waals surface area contributed by atoms with Crippen molar-refractivity contribution in [2.24, 2.45) is 11.8 Å². The summed E-state index contributed by atoms with van der Waals surface area (Å²) in [6.07, 6.45) is 9.55. The van der Waals surface area contributed by atoms with Crippen molar-refractivity contribution in [3.05, 3.63) is 29.8 Å². The van der Waals surface area contributed by atoms with E-state index in [2.05, 4.69) is 30.4 Å². The lowest BCUT2D eigenvalue weighted by Gasteiger charge is -2.21. The van der Waals surface area contributed by atoms with Gasteiger partial charge in [0.25, 0.3) is 0 Å². The summed E-state index contributed by atoms with van der Waals surface area (Å²) in [6, 6.07) is 8.58. The van der Waals surface area contributed by atoms with Gasteiger partial charge < -0.3 is 10.1 Å². The summed E-state index contributed by atoms with van der Waals surface area (Å²) in [6.45, 7) is 4.53. The molecule has 118 valence electrons. The Bertz CT molecular complexity index is 398. The molecule has 1 aliphatic carbocycles. The van der Waals surface area contributed by atoms with E-state index in [9.17, 15) is 0 Å². The summed E-state index contributed by atoms with van der Waals surface area (Å²) in [4.78, 5) is 0. The Balaban J connectivity index is 1.92. The summed E-state index contributed by atoms with van der Waals surface area (Å²) in [7, 11) is 1.75. The molecule has 2 heteroatoms. The van der Waals surface area contributed by atoms with E-state index in [1.54, 1.807) is 7.11 Å². The smallest absolute Gasteiger partial charge is 0.119 e. The van der Waals surface area contributed by atoms with Gasteiger partial charge in [-0.25, -0.2) is 0 Å². The first-order chi connectivity index (χ1) is 10.3. The van der Waals surface area contributed by atoms with Crippen LogP contribution in [0.4, 0.5) is 0 Å². The van der Waals surface area contributed by atoms with Crippen molar-refractivity contribution in [3.8, 4) is 5.75 Å². The normalized spacial score (nSPS) is 17.0. The minimum absolute atomic E-state index is 0.756. The third kappa shape index (κ3) is 5.70. The number of nitrogens with one attached hydrogen (secondary N) is 1. The molecule has 1 N–H and O–H groups in total. The highest BCUT2D eigenvalue weighted by Crippen LogP contribution is 2.31. The molecule has 1 atom stereocenters. The van der Waals surface area contributed by atoms with E-state index in [4.69, 9.17) is 4.74 Å². The molecule has 0 radical (unpaired) electrons. The summed E-state index contributed by atoms with van der Waals surface area (Å²) < 4.78 is 5.35. The molecule has 1 aromatic carbocycles. The molecule has 1 aromatic rings. The second kappa shape index (κ2) is 9.09. The zero-order valence-corrected chi connectivity index (χ0v) is 13.7. The van der Waals surface area contributed by atoms with Gasteiger partial charge in [0.15, 0.2) is 0 Å². The SMILES string of the molecule is CCCNCC(Cc1cccc(OC)c1)CC1CCCC1. The largest absolute Gasteiger partial charge is 0.497 e. The first-order valence-corrected chi connectivity index (χ1v) is 8.65. The van der Waals surface area contributed by atoms with E-state index in [0.717, 1.165) is 30.7 Å². The Hall–Kier alpha value is -1.02. The molecule has 21 heavy (non-hydrogen) atoms. The van der Waals surface area contributed by atoms with Crippen molar-refractivity contribution < 1.29 is 4.74 Å². The van der Waals surface area contributed by atoms with Gasteiger partial charge in [0.05, 0.1) is 7.11 Å². The lowest BCUT2D eigenvalue weighted by atomic mass is 9.88. The average molecular weight is 289 g/mol. The van der Waals surface area contributed by atoms with Gasteiger partial charge in [0, 0.05) is 0 Å². The first kappa shape index (κ1) is 16.4. The van der Waals surface area contributed by atoms with Crippen molar-refractivity contribution in [3.63, 3.8) is 0 Å². The fourth-order valence-corrected chi connectivity index (χ4v) is 3.57. The molecule has 0 amide bonds. The molecular weight excluding hydrogens is 258 g/mol. The van der Waals surface area contributed by atoms with E-state index in [-0.39, 0.29) is 0 Å². The van der Waals surface area contributed by atoms with Crippen LogP contribution in [-0.4, -0.2) is 20.2 Å². The summed E-state index contributed by atoms with van der Waals surface area (Å²) in [5.41, 5.74) is 1.41. The molecule has 2 nitrogen and oxygen atoms in total. The Morgan fingerprint density at radius 1 is 1.29 bits per heavy atom. The van der Waals surface area contributed by atoms with Crippen LogP contribution in [0, 0.1) is 11.8 Å². The highest BCUT2D eigenvalue weighted by molar-refractivity contribution is 5.28. The van der Waals surface area contributed by atoms with Gasteiger partial charge in [-0.3, -0.25) is 0 Å². The van der Waals surface area contributed by atoms with E-state index in [1.165, 1.54) is 50.5 Å². The molecule has 2 rings (SSSR count). The van der Waals surface area contributed by atoms with Crippen LogP contribution in [0.2, 0.25) is 0 Å². The van der Waals surface area contributed by atoms with Crippen LogP contribution in [-0.2, 0) is 6.42 Å². The third-order valence-corrected chi connectivity index (χ3v) is 4.66. The van der Waals surface area contributed by atoms with Gasteiger partial charge in [0.2, 0.25) is 0 Å². The summed E-state index contributed by atoms with van der Waals surface area (Å²) in [5, 5.41) is 3.63. The van der Waals surface area contributed by atoms with Crippen LogP contribution >= 0.6 is 0 Å². The number of hydrogen-bond acceptors (Lipinski definition) is 2. The van der Waals surface area contributed by atoms with Gasteiger partial charge in [-0.2, -0.15) is 0 Å². The van der Waals surface area contributed by atoms with Gasteiger partial charge in [-0.05, 0) is 61.9 Å². The minimum Gasteiger partial charge on any atom is -0.497 e. The quantitative estimate of drug-likeness (QED) is 0.679. The van der Waals surface area contributed by atoms with Crippen molar-refractivity contribution in [1.29, 1.82) is 0 Å². The number of hydrogen-bond donors (Lipinski definition) is 1. The molecule has 0 aromatic heterocycles. The fraction of sp³-hybridized carbons (Fsp3) is 0.684. The predicted molar refractivity (Wildman–Crippen MR) is 89.9 cm³/mol. The van der Waals surface area contributed by atoms with E-state index >= 15 is 0 Å². The molecule has 0 bridgehead atoms. The van der Waals surface area contributed by atoms with Gasteiger partial charge in [0.1, 0.15) is 5.75 Å². The van der Waals surface area contributed by atoms with Gasteiger partial charge >= 0.3 is 0 Å². The Morgan fingerprint density at radius 3 is 2.81 bits per heavy atom. The van der Waals surface area contributed by atoms with Crippen molar-refractivity contribution in [2.75, 3.05) is 20.2 Å². The number of ether oxygens (including phenoxy) is 1. The standard InChI is InChI=1S/C19H31NO/c1-3-11-20-15-18(12-16-7-4-5-8-16)13-17-9-6-10-19(14-17)21-2/h6,9-10,14,16,18,20H,3-5,7-8,11-13,15H2,1-2H3. The minimum atomic E-state index is 0.756. The number of rotatable bonds is 9. The van der Waals surface area contributed by atoms with Crippen LogP contribution < -0.4 is 10.1 Å². The lowest BCUT2D eigenvalue weighted by Crippen LogP contribution is -2.26. The molecule has 0 heterocycles. The van der Waals surface area contributed by atoms with Crippen LogP contribution in [0.15, 0.2) is 24.3 Å². The van der Waals surface area contributed by atoms with E-state index < -0.39 is 0 Å². The summed E-state index contributed by atoms with van der Waals surface area (Å²) >= 11 is 0. The third-order valence-electron chi connectivity index (χ3n) is 4.66. The molecule has 0 spiro atoms. The highest BCUT2D eigenvalue weighted by Gasteiger charge is 2.20. The van der Waals surface area contributed by atoms with Crippen molar-refractivity contribution in [1.82, 2.24) is 5.32 Å².